The molecule has 0 radical (unpaired) electrons. The Bertz CT molecular complexity index is 652. The van der Waals surface area contributed by atoms with Crippen LogP contribution in [0.4, 0.5) is 0 Å². The van der Waals surface area contributed by atoms with Crippen molar-refractivity contribution in [2.75, 3.05) is 20.2 Å². The number of carbonyl (C=O) groups is 1. The van der Waals surface area contributed by atoms with Crippen molar-refractivity contribution in [3.8, 4) is 5.75 Å². The van der Waals surface area contributed by atoms with Crippen molar-refractivity contribution in [2.45, 2.75) is 6.54 Å². The quantitative estimate of drug-likeness (QED) is 0.795. The van der Waals surface area contributed by atoms with Crippen molar-refractivity contribution < 1.29 is 14.6 Å². The van der Waals surface area contributed by atoms with Crippen LogP contribution in [0.5, 0.6) is 5.75 Å². The number of fused-ring (bicyclic) bond motifs is 1. The molecule has 0 fully saturated rings. The lowest BCUT2D eigenvalue weighted by atomic mass is 10.0. The van der Waals surface area contributed by atoms with Crippen LogP contribution in [-0.4, -0.2) is 36.2 Å². The van der Waals surface area contributed by atoms with E-state index >= 15 is 0 Å². The molecule has 21 heavy (non-hydrogen) atoms. The molecule has 0 atom stereocenters. The third kappa shape index (κ3) is 3.61. The Morgan fingerprint density at radius 2 is 2.10 bits per heavy atom. The number of hydrogen-bond acceptors (Lipinski definition) is 3. The van der Waals surface area contributed by atoms with Gasteiger partial charge in [-0.2, -0.15) is 0 Å². The second-order valence-corrected chi connectivity index (χ2v) is 4.82. The number of methoxy groups -OCH3 is 1. The first kappa shape index (κ1) is 15.1. The SMILES string of the molecule is C=CCN(CC(=O)O)Cc1c(OC)ccc2ccccc12. The van der Waals surface area contributed by atoms with Crippen molar-refractivity contribution in [3.05, 3.63) is 54.6 Å². The maximum Gasteiger partial charge on any atom is 0.317 e. The summed E-state index contributed by atoms with van der Waals surface area (Å²) in [6.07, 6.45) is 1.71. The molecule has 0 amide bonds. The van der Waals surface area contributed by atoms with Gasteiger partial charge in [0.1, 0.15) is 5.75 Å². The Morgan fingerprint density at radius 3 is 2.76 bits per heavy atom. The van der Waals surface area contributed by atoms with Gasteiger partial charge in [-0.1, -0.05) is 36.4 Å². The second-order valence-electron chi connectivity index (χ2n) is 4.82. The molecule has 0 aromatic heterocycles. The minimum atomic E-state index is -0.851. The zero-order chi connectivity index (χ0) is 15.2. The molecule has 1 N–H and O–H groups in total. The minimum Gasteiger partial charge on any atom is -0.496 e. The largest absolute Gasteiger partial charge is 0.496 e. The summed E-state index contributed by atoms with van der Waals surface area (Å²) in [6.45, 7) is 4.67. The van der Waals surface area contributed by atoms with E-state index < -0.39 is 5.97 Å². The second kappa shape index (κ2) is 6.90. The van der Waals surface area contributed by atoms with Crippen LogP contribution in [0, 0.1) is 0 Å². The third-order valence-electron chi connectivity index (χ3n) is 3.35. The molecule has 0 spiro atoms. The Hall–Kier alpha value is -2.33. The first-order chi connectivity index (χ1) is 10.2. The minimum absolute atomic E-state index is 0.0294. The number of rotatable bonds is 7. The molecule has 0 aliphatic heterocycles. The van der Waals surface area contributed by atoms with E-state index in [4.69, 9.17) is 9.84 Å². The van der Waals surface area contributed by atoms with E-state index in [1.165, 1.54) is 0 Å². The number of benzene rings is 2. The van der Waals surface area contributed by atoms with Crippen molar-refractivity contribution >= 4 is 16.7 Å². The molecule has 0 aliphatic carbocycles. The number of nitrogens with zero attached hydrogens (tertiary/aromatic N) is 1. The lowest BCUT2D eigenvalue weighted by molar-refractivity contribution is -0.138. The van der Waals surface area contributed by atoms with E-state index in [0.29, 0.717) is 13.1 Å². The van der Waals surface area contributed by atoms with Gasteiger partial charge in [-0.25, -0.2) is 0 Å². The van der Waals surface area contributed by atoms with Crippen LogP contribution in [0.3, 0.4) is 0 Å². The number of ether oxygens (including phenoxy) is 1. The topological polar surface area (TPSA) is 49.8 Å². The standard InChI is InChI=1S/C17H19NO3/c1-3-10-18(12-17(19)20)11-15-14-7-5-4-6-13(14)8-9-16(15)21-2/h3-9H,1,10-12H2,2H3,(H,19,20). The number of hydrogen-bond donors (Lipinski definition) is 1. The van der Waals surface area contributed by atoms with Gasteiger partial charge in [-0.3, -0.25) is 9.69 Å². The van der Waals surface area contributed by atoms with Crippen molar-refractivity contribution in [1.82, 2.24) is 4.90 Å². The molecule has 0 aliphatic rings. The monoisotopic (exact) mass is 285 g/mol. The van der Waals surface area contributed by atoms with Gasteiger partial charge >= 0.3 is 5.97 Å². The predicted octanol–water partition coefficient (Wildman–Crippen LogP) is 2.92. The van der Waals surface area contributed by atoms with E-state index in [1.807, 2.05) is 41.3 Å². The molecule has 0 heterocycles. The average molecular weight is 285 g/mol. The molecule has 2 aromatic rings. The van der Waals surface area contributed by atoms with Crippen LogP contribution in [0.25, 0.3) is 10.8 Å². The Labute approximate surface area is 124 Å². The Morgan fingerprint density at radius 1 is 1.33 bits per heavy atom. The highest BCUT2D eigenvalue weighted by molar-refractivity contribution is 5.87. The summed E-state index contributed by atoms with van der Waals surface area (Å²) in [5, 5.41) is 11.2. The summed E-state index contributed by atoms with van der Waals surface area (Å²) in [5.74, 6) is -0.0794. The van der Waals surface area contributed by atoms with Crippen LogP contribution >= 0.6 is 0 Å². The molecule has 4 nitrogen and oxygen atoms in total. The fourth-order valence-electron chi connectivity index (χ4n) is 2.45. The van der Waals surface area contributed by atoms with Crippen molar-refractivity contribution in [3.63, 3.8) is 0 Å². The number of aliphatic carboxylic acids is 1. The van der Waals surface area contributed by atoms with Crippen LogP contribution in [0.1, 0.15) is 5.56 Å². The van der Waals surface area contributed by atoms with Gasteiger partial charge in [-0.05, 0) is 16.8 Å². The fraction of sp³-hybridized carbons (Fsp3) is 0.235. The summed E-state index contributed by atoms with van der Waals surface area (Å²) in [5.41, 5.74) is 0.999. The van der Waals surface area contributed by atoms with E-state index in [2.05, 4.69) is 6.58 Å². The molecule has 0 bridgehead atoms. The smallest absolute Gasteiger partial charge is 0.317 e. The highest BCUT2D eigenvalue weighted by Crippen LogP contribution is 2.29. The first-order valence-corrected chi connectivity index (χ1v) is 6.75. The normalized spacial score (nSPS) is 10.8. The van der Waals surface area contributed by atoms with Gasteiger partial charge in [0.2, 0.25) is 0 Å². The average Bonchev–Trinajstić information content (AvgIpc) is 2.47. The summed E-state index contributed by atoms with van der Waals surface area (Å²) in [7, 11) is 1.63. The zero-order valence-corrected chi connectivity index (χ0v) is 12.1. The Balaban J connectivity index is 2.42. The zero-order valence-electron chi connectivity index (χ0n) is 12.1. The predicted molar refractivity (Wildman–Crippen MR) is 83.6 cm³/mol. The molecule has 4 heteroatoms. The van der Waals surface area contributed by atoms with Gasteiger partial charge in [-0.15, -0.1) is 6.58 Å². The number of carboxylic acid groups (broad SMARTS) is 1. The van der Waals surface area contributed by atoms with Gasteiger partial charge in [0.15, 0.2) is 0 Å². The van der Waals surface area contributed by atoms with Gasteiger partial charge in [0.25, 0.3) is 0 Å². The maximum atomic E-state index is 11.0. The van der Waals surface area contributed by atoms with Crippen LogP contribution in [0.2, 0.25) is 0 Å². The van der Waals surface area contributed by atoms with Crippen LogP contribution in [0.15, 0.2) is 49.1 Å². The number of carboxylic acids is 1. The van der Waals surface area contributed by atoms with Crippen molar-refractivity contribution in [1.29, 1.82) is 0 Å². The molecule has 0 saturated heterocycles. The highest BCUT2D eigenvalue weighted by Gasteiger charge is 2.14. The summed E-state index contributed by atoms with van der Waals surface area (Å²) >= 11 is 0. The van der Waals surface area contributed by atoms with Gasteiger partial charge < -0.3 is 9.84 Å². The van der Waals surface area contributed by atoms with Crippen molar-refractivity contribution in [2.24, 2.45) is 0 Å². The molecule has 0 saturated carbocycles. The molecule has 2 rings (SSSR count). The molecular formula is C17H19NO3. The van der Waals surface area contributed by atoms with Gasteiger partial charge in [0.05, 0.1) is 13.7 Å². The third-order valence-corrected chi connectivity index (χ3v) is 3.35. The van der Waals surface area contributed by atoms with E-state index in [1.54, 1.807) is 13.2 Å². The Kier molecular flexibility index (Phi) is 4.95. The summed E-state index contributed by atoms with van der Waals surface area (Å²) in [6, 6.07) is 11.9. The maximum absolute atomic E-state index is 11.0. The van der Waals surface area contributed by atoms with Crippen LogP contribution < -0.4 is 4.74 Å². The molecule has 0 unspecified atom stereocenters. The molecule has 2 aromatic carbocycles. The van der Waals surface area contributed by atoms with E-state index in [9.17, 15) is 4.79 Å². The van der Waals surface area contributed by atoms with E-state index in [0.717, 1.165) is 22.1 Å². The first-order valence-electron chi connectivity index (χ1n) is 6.75. The van der Waals surface area contributed by atoms with E-state index in [-0.39, 0.29) is 6.54 Å². The van der Waals surface area contributed by atoms with Gasteiger partial charge in [0, 0.05) is 18.7 Å². The fourth-order valence-corrected chi connectivity index (χ4v) is 2.45. The summed E-state index contributed by atoms with van der Waals surface area (Å²) < 4.78 is 5.44. The summed E-state index contributed by atoms with van der Waals surface area (Å²) in [4.78, 5) is 12.8. The molecule has 110 valence electrons. The lowest BCUT2D eigenvalue weighted by Gasteiger charge is -2.21. The molecular weight excluding hydrogens is 266 g/mol. The highest BCUT2D eigenvalue weighted by atomic mass is 16.5. The lowest BCUT2D eigenvalue weighted by Crippen LogP contribution is -2.29. The van der Waals surface area contributed by atoms with Crippen LogP contribution in [-0.2, 0) is 11.3 Å².